The molecule has 2 amide bonds. The summed E-state index contributed by atoms with van der Waals surface area (Å²) in [5.41, 5.74) is 1.59. The lowest BCUT2D eigenvalue weighted by atomic mass is 9.69. The van der Waals surface area contributed by atoms with Crippen LogP contribution in [0.1, 0.15) is 54.4 Å². The minimum atomic E-state index is -0.990. The number of nitrogens with one attached hydrogen (secondary N) is 2. The van der Waals surface area contributed by atoms with Crippen LogP contribution in [0.3, 0.4) is 0 Å². The molecule has 0 heterocycles. The summed E-state index contributed by atoms with van der Waals surface area (Å²) in [7, 11) is 1.58. The molecule has 0 spiro atoms. The predicted octanol–water partition coefficient (Wildman–Crippen LogP) is 1.91. The Labute approximate surface area is 141 Å². The first-order valence-corrected chi connectivity index (χ1v) is 8.33. The maximum atomic E-state index is 12.4. The highest BCUT2D eigenvalue weighted by Gasteiger charge is 2.38. The van der Waals surface area contributed by atoms with Gasteiger partial charge >= 0.3 is 5.97 Å². The molecule has 1 aliphatic carbocycles. The summed E-state index contributed by atoms with van der Waals surface area (Å²) in [4.78, 5) is 35.1. The zero-order chi connectivity index (χ0) is 17.7. The van der Waals surface area contributed by atoms with Gasteiger partial charge in [0, 0.05) is 18.5 Å². The molecule has 1 aromatic carbocycles. The highest BCUT2D eigenvalue weighted by molar-refractivity contribution is 5.94. The average molecular weight is 332 g/mol. The summed E-state index contributed by atoms with van der Waals surface area (Å²) in [5, 5.41) is 14.4. The van der Waals surface area contributed by atoms with E-state index in [1.165, 1.54) is 0 Å². The Hall–Kier alpha value is -2.37. The van der Waals surface area contributed by atoms with Crippen LogP contribution < -0.4 is 10.6 Å². The van der Waals surface area contributed by atoms with Gasteiger partial charge in [0.2, 0.25) is 5.91 Å². The molecule has 1 aromatic rings. The van der Waals surface area contributed by atoms with E-state index < -0.39 is 12.0 Å². The fourth-order valence-corrected chi connectivity index (χ4v) is 3.06. The third-order valence-corrected chi connectivity index (χ3v) is 4.63. The van der Waals surface area contributed by atoms with Gasteiger partial charge in [-0.1, -0.05) is 25.5 Å². The Kier molecular flexibility index (Phi) is 5.95. The molecule has 0 bridgehead atoms. The van der Waals surface area contributed by atoms with Gasteiger partial charge < -0.3 is 15.7 Å². The second-order valence-corrected chi connectivity index (χ2v) is 6.18. The molecule has 130 valence electrons. The summed E-state index contributed by atoms with van der Waals surface area (Å²) in [6.45, 7) is 1.89. The number of amides is 2. The van der Waals surface area contributed by atoms with Crippen molar-refractivity contribution in [2.75, 3.05) is 7.05 Å². The average Bonchev–Trinajstić information content (AvgIpc) is 2.53. The van der Waals surface area contributed by atoms with Gasteiger partial charge in [-0.15, -0.1) is 0 Å². The van der Waals surface area contributed by atoms with Gasteiger partial charge in [0.15, 0.2) is 0 Å². The molecule has 6 nitrogen and oxygen atoms in total. The van der Waals surface area contributed by atoms with E-state index in [1.807, 2.05) is 19.1 Å². The zero-order valence-corrected chi connectivity index (χ0v) is 14.0. The third-order valence-electron chi connectivity index (χ3n) is 4.63. The Balaban J connectivity index is 2.02. The third kappa shape index (κ3) is 3.93. The van der Waals surface area contributed by atoms with E-state index in [9.17, 15) is 14.4 Å². The number of rotatable bonds is 7. The number of aliphatic carboxylic acids is 1. The number of hydrogen-bond donors (Lipinski definition) is 3. The number of benzene rings is 1. The molecular formula is C18H24N2O4. The summed E-state index contributed by atoms with van der Waals surface area (Å²) in [6, 6.07) is 6.42. The zero-order valence-electron chi connectivity index (χ0n) is 14.0. The van der Waals surface area contributed by atoms with Gasteiger partial charge in [0.1, 0.15) is 6.04 Å². The first-order valence-electron chi connectivity index (χ1n) is 8.33. The molecule has 24 heavy (non-hydrogen) atoms. The van der Waals surface area contributed by atoms with Crippen LogP contribution in [0.5, 0.6) is 0 Å². The van der Waals surface area contributed by atoms with Gasteiger partial charge in [0.25, 0.3) is 5.91 Å². The number of hydrogen-bond acceptors (Lipinski definition) is 3. The Morgan fingerprint density at radius 1 is 1.21 bits per heavy atom. The fourth-order valence-electron chi connectivity index (χ4n) is 3.06. The molecule has 1 saturated carbocycles. The number of carboxylic acid groups (broad SMARTS) is 1. The van der Waals surface area contributed by atoms with Crippen molar-refractivity contribution in [3.63, 3.8) is 0 Å². The Morgan fingerprint density at radius 2 is 1.88 bits per heavy atom. The summed E-state index contributed by atoms with van der Waals surface area (Å²) in [6.07, 6.45) is 2.78. The molecule has 0 aliphatic heterocycles. The standard InChI is InChI=1S/C18H24N2O4/c1-3-4-15(18(23)24)20-17(22)14-10-9-13(14)11-5-7-12(8-6-11)16(21)19-2/h5-8,13-15H,3-4,9-10H2,1-2H3,(H,19,21)(H,20,22)(H,23,24)/t13?,14?,15-/m0/s1. The van der Waals surface area contributed by atoms with Crippen molar-refractivity contribution in [3.8, 4) is 0 Å². The first-order chi connectivity index (χ1) is 11.5. The van der Waals surface area contributed by atoms with Crippen molar-refractivity contribution in [1.29, 1.82) is 0 Å². The van der Waals surface area contributed by atoms with Gasteiger partial charge in [0.05, 0.1) is 0 Å². The van der Waals surface area contributed by atoms with Crippen molar-refractivity contribution in [1.82, 2.24) is 10.6 Å². The number of carbonyl (C=O) groups is 3. The maximum absolute atomic E-state index is 12.4. The van der Waals surface area contributed by atoms with E-state index in [2.05, 4.69) is 10.6 Å². The molecular weight excluding hydrogens is 308 g/mol. The largest absolute Gasteiger partial charge is 0.480 e. The van der Waals surface area contributed by atoms with Gasteiger partial charge in [-0.3, -0.25) is 9.59 Å². The lowest BCUT2D eigenvalue weighted by molar-refractivity contribution is -0.143. The predicted molar refractivity (Wildman–Crippen MR) is 89.8 cm³/mol. The van der Waals surface area contributed by atoms with E-state index >= 15 is 0 Å². The molecule has 0 radical (unpaired) electrons. The highest BCUT2D eigenvalue weighted by atomic mass is 16.4. The maximum Gasteiger partial charge on any atom is 0.326 e. The van der Waals surface area contributed by atoms with Crippen LogP contribution in [0.25, 0.3) is 0 Å². The number of carbonyl (C=O) groups excluding carboxylic acids is 2. The second-order valence-electron chi connectivity index (χ2n) is 6.18. The molecule has 1 aliphatic rings. The van der Waals surface area contributed by atoms with Gasteiger partial charge in [-0.2, -0.15) is 0 Å². The molecule has 1 fully saturated rings. The molecule has 6 heteroatoms. The van der Waals surface area contributed by atoms with Crippen molar-refractivity contribution in [2.45, 2.75) is 44.6 Å². The second kappa shape index (κ2) is 7.95. The SMILES string of the molecule is CCC[C@H](NC(=O)C1CCC1c1ccc(C(=O)NC)cc1)C(=O)O. The van der Waals surface area contributed by atoms with Crippen molar-refractivity contribution < 1.29 is 19.5 Å². The molecule has 3 atom stereocenters. The van der Waals surface area contributed by atoms with Crippen LogP contribution in [0.15, 0.2) is 24.3 Å². The van der Waals surface area contributed by atoms with Gasteiger partial charge in [-0.25, -0.2) is 4.79 Å². The van der Waals surface area contributed by atoms with Crippen LogP contribution in [0.4, 0.5) is 0 Å². The smallest absolute Gasteiger partial charge is 0.326 e. The lowest BCUT2D eigenvalue weighted by Gasteiger charge is -2.36. The summed E-state index contributed by atoms with van der Waals surface area (Å²) >= 11 is 0. The highest BCUT2D eigenvalue weighted by Crippen LogP contribution is 2.42. The molecule has 0 saturated heterocycles. The molecule has 2 rings (SSSR count). The molecule has 2 unspecified atom stereocenters. The van der Waals surface area contributed by atoms with E-state index in [0.29, 0.717) is 18.4 Å². The van der Waals surface area contributed by atoms with E-state index in [1.54, 1.807) is 19.2 Å². The van der Waals surface area contributed by atoms with Crippen LogP contribution in [-0.4, -0.2) is 36.0 Å². The molecule has 3 N–H and O–H groups in total. The monoisotopic (exact) mass is 332 g/mol. The minimum absolute atomic E-state index is 0.0832. The minimum Gasteiger partial charge on any atom is -0.480 e. The quantitative estimate of drug-likeness (QED) is 0.711. The van der Waals surface area contributed by atoms with Crippen LogP contribution in [0.2, 0.25) is 0 Å². The van der Waals surface area contributed by atoms with Crippen molar-refractivity contribution >= 4 is 17.8 Å². The topological polar surface area (TPSA) is 95.5 Å². The molecule has 0 aromatic heterocycles. The van der Waals surface area contributed by atoms with Crippen LogP contribution in [0, 0.1) is 5.92 Å². The Bertz CT molecular complexity index is 612. The van der Waals surface area contributed by atoms with E-state index in [-0.39, 0.29) is 23.7 Å². The lowest BCUT2D eigenvalue weighted by Crippen LogP contribution is -2.47. The van der Waals surface area contributed by atoms with E-state index in [0.717, 1.165) is 18.4 Å². The van der Waals surface area contributed by atoms with Crippen molar-refractivity contribution in [2.24, 2.45) is 5.92 Å². The Morgan fingerprint density at radius 3 is 2.33 bits per heavy atom. The van der Waals surface area contributed by atoms with Crippen LogP contribution >= 0.6 is 0 Å². The normalized spacial score (nSPS) is 20.6. The summed E-state index contributed by atoms with van der Waals surface area (Å²) < 4.78 is 0. The van der Waals surface area contributed by atoms with Crippen LogP contribution in [-0.2, 0) is 9.59 Å². The fraction of sp³-hybridized carbons (Fsp3) is 0.500. The first kappa shape index (κ1) is 18.0. The number of carboxylic acids is 1. The van der Waals surface area contributed by atoms with E-state index in [4.69, 9.17) is 5.11 Å². The van der Waals surface area contributed by atoms with Gasteiger partial charge in [-0.05, 0) is 42.9 Å². The van der Waals surface area contributed by atoms with Crippen molar-refractivity contribution in [3.05, 3.63) is 35.4 Å². The summed E-state index contributed by atoms with van der Waals surface area (Å²) in [5.74, 6) is -1.44.